The molecule has 0 heterocycles. The monoisotopic (exact) mass is 113 g/mol. The van der Waals surface area contributed by atoms with Crippen molar-refractivity contribution in [2.24, 2.45) is 5.92 Å². The molecule has 1 rings (SSSR count). The molecule has 0 spiro atoms. The lowest BCUT2D eigenvalue weighted by Crippen LogP contribution is -2.29. The maximum absolute atomic E-state index is 3.45. The average Bonchev–Trinajstić information content (AvgIpc) is 2.16. The number of hydrogen-bond acceptors (Lipinski definition) is 1. The van der Waals surface area contributed by atoms with E-state index in [9.17, 15) is 0 Å². The third kappa shape index (κ3) is 0.873. The van der Waals surface area contributed by atoms with Crippen molar-refractivity contribution in [3.8, 4) is 0 Å². The summed E-state index contributed by atoms with van der Waals surface area (Å²) in [6.07, 6.45) is 1.36. The van der Waals surface area contributed by atoms with E-state index in [4.69, 9.17) is 0 Å². The summed E-state index contributed by atoms with van der Waals surface area (Å²) in [6, 6.07) is 0. The van der Waals surface area contributed by atoms with Crippen molar-refractivity contribution in [3.05, 3.63) is 0 Å². The maximum atomic E-state index is 3.45. The highest BCUT2D eigenvalue weighted by molar-refractivity contribution is 5.03. The largest absolute Gasteiger partial charge is 0.312 e. The standard InChI is InChI=1S/C7H15N/c1-4-8-7(3)5-6(7)2/h6,8H,4-5H2,1-3H3/t6-,7?/m0/s1. The van der Waals surface area contributed by atoms with Crippen LogP contribution in [0.5, 0.6) is 0 Å². The van der Waals surface area contributed by atoms with Crippen molar-refractivity contribution in [1.82, 2.24) is 5.32 Å². The molecule has 1 N–H and O–H groups in total. The van der Waals surface area contributed by atoms with Gasteiger partial charge in [0.25, 0.3) is 0 Å². The highest BCUT2D eigenvalue weighted by atomic mass is 15.0. The first kappa shape index (κ1) is 6.09. The van der Waals surface area contributed by atoms with E-state index < -0.39 is 0 Å². The molecule has 1 aliphatic carbocycles. The van der Waals surface area contributed by atoms with Crippen LogP contribution in [0.25, 0.3) is 0 Å². The normalized spacial score (nSPS) is 44.6. The van der Waals surface area contributed by atoms with E-state index in [1.165, 1.54) is 6.42 Å². The van der Waals surface area contributed by atoms with E-state index in [2.05, 4.69) is 26.1 Å². The molecule has 0 saturated heterocycles. The minimum Gasteiger partial charge on any atom is -0.312 e. The molecule has 0 aromatic rings. The van der Waals surface area contributed by atoms with Crippen LogP contribution in [0.15, 0.2) is 0 Å². The van der Waals surface area contributed by atoms with Gasteiger partial charge in [0.1, 0.15) is 0 Å². The van der Waals surface area contributed by atoms with Crippen molar-refractivity contribution in [3.63, 3.8) is 0 Å². The average molecular weight is 113 g/mol. The summed E-state index contributed by atoms with van der Waals surface area (Å²) < 4.78 is 0. The van der Waals surface area contributed by atoms with Crippen LogP contribution >= 0.6 is 0 Å². The first-order chi connectivity index (χ1) is 3.69. The predicted octanol–water partition coefficient (Wildman–Crippen LogP) is 1.39. The van der Waals surface area contributed by atoms with Gasteiger partial charge >= 0.3 is 0 Å². The van der Waals surface area contributed by atoms with Crippen LogP contribution in [0.3, 0.4) is 0 Å². The van der Waals surface area contributed by atoms with Crippen molar-refractivity contribution in [1.29, 1.82) is 0 Å². The van der Waals surface area contributed by atoms with Crippen LogP contribution < -0.4 is 5.32 Å². The van der Waals surface area contributed by atoms with Crippen molar-refractivity contribution >= 4 is 0 Å². The summed E-state index contributed by atoms with van der Waals surface area (Å²) in [6.45, 7) is 7.86. The second-order valence-corrected chi connectivity index (χ2v) is 3.05. The Bertz CT molecular complexity index is 90.4. The fourth-order valence-electron chi connectivity index (χ4n) is 1.23. The quantitative estimate of drug-likeness (QED) is 0.570. The van der Waals surface area contributed by atoms with Gasteiger partial charge in [-0.3, -0.25) is 0 Å². The van der Waals surface area contributed by atoms with Gasteiger partial charge in [0.15, 0.2) is 0 Å². The summed E-state index contributed by atoms with van der Waals surface area (Å²) in [5, 5.41) is 3.45. The Balaban J connectivity index is 2.25. The van der Waals surface area contributed by atoms with Gasteiger partial charge in [0, 0.05) is 5.54 Å². The van der Waals surface area contributed by atoms with Crippen molar-refractivity contribution < 1.29 is 0 Å². The van der Waals surface area contributed by atoms with E-state index in [0.29, 0.717) is 5.54 Å². The van der Waals surface area contributed by atoms with E-state index in [0.717, 1.165) is 12.5 Å². The zero-order chi connectivity index (χ0) is 6.20. The zero-order valence-electron chi connectivity index (χ0n) is 5.99. The van der Waals surface area contributed by atoms with Gasteiger partial charge in [-0.2, -0.15) is 0 Å². The van der Waals surface area contributed by atoms with Gasteiger partial charge in [-0.05, 0) is 25.8 Å². The van der Waals surface area contributed by atoms with Gasteiger partial charge in [-0.1, -0.05) is 13.8 Å². The first-order valence-corrected chi connectivity index (χ1v) is 3.44. The van der Waals surface area contributed by atoms with Gasteiger partial charge < -0.3 is 5.32 Å². The fraction of sp³-hybridized carbons (Fsp3) is 1.00. The molecule has 0 amide bonds. The van der Waals surface area contributed by atoms with Crippen molar-refractivity contribution in [2.45, 2.75) is 32.7 Å². The number of rotatable bonds is 2. The molecule has 1 nitrogen and oxygen atoms in total. The molecule has 0 aromatic heterocycles. The second kappa shape index (κ2) is 1.73. The molecule has 2 atom stereocenters. The Morgan fingerprint density at radius 2 is 2.25 bits per heavy atom. The Kier molecular flexibility index (Phi) is 1.31. The molecule has 0 aromatic carbocycles. The van der Waals surface area contributed by atoms with Gasteiger partial charge in [-0.25, -0.2) is 0 Å². The Labute approximate surface area is 51.5 Å². The SMILES string of the molecule is CCNC1(C)C[C@@H]1C. The Hall–Kier alpha value is -0.0400. The molecular weight excluding hydrogens is 98.1 g/mol. The maximum Gasteiger partial charge on any atom is 0.0182 e. The summed E-state index contributed by atoms with van der Waals surface area (Å²) in [5.41, 5.74) is 0.509. The Morgan fingerprint density at radius 3 is 2.38 bits per heavy atom. The van der Waals surface area contributed by atoms with Crippen LogP contribution in [0.2, 0.25) is 0 Å². The topological polar surface area (TPSA) is 12.0 Å². The minimum absolute atomic E-state index is 0.509. The van der Waals surface area contributed by atoms with Crippen LogP contribution in [-0.4, -0.2) is 12.1 Å². The second-order valence-electron chi connectivity index (χ2n) is 3.05. The smallest absolute Gasteiger partial charge is 0.0182 e. The lowest BCUT2D eigenvalue weighted by molar-refractivity contribution is 0.521. The molecule has 1 saturated carbocycles. The van der Waals surface area contributed by atoms with E-state index >= 15 is 0 Å². The zero-order valence-corrected chi connectivity index (χ0v) is 5.99. The van der Waals surface area contributed by atoms with Crippen molar-refractivity contribution in [2.75, 3.05) is 6.54 Å². The van der Waals surface area contributed by atoms with Crippen LogP contribution in [0.1, 0.15) is 27.2 Å². The van der Waals surface area contributed by atoms with Crippen LogP contribution in [0.4, 0.5) is 0 Å². The highest BCUT2D eigenvalue weighted by Gasteiger charge is 2.45. The lowest BCUT2D eigenvalue weighted by Gasteiger charge is -2.08. The lowest BCUT2D eigenvalue weighted by atomic mass is 10.2. The molecule has 1 aliphatic rings. The van der Waals surface area contributed by atoms with Gasteiger partial charge in [-0.15, -0.1) is 0 Å². The summed E-state index contributed by atoms with van der Waals surface area (Å²) in [7, 11) is 0. The highest BCUT2D eigenvalue weighted by Crippen LogP contribution is 2.41. The van der Waals surface area contributed by atoms with Gasteiger partial charge in [0.2, 0.25) is 0 Å². The molecule has 1 fully saturated rings. The minimum atomic E-state index is 0.509. The first-order valence-electron chi connectivity index (χ1n) is 3.44. The van der Waals surface area contributed by atoms with Crippen LogP contribution in [0, 0.1) is 5.92 Å². The van der Waals surface area contributed by atoms with Crippen LogP contribution in [-0.2, 0) is 0 Å². The van der Waals surface area contributed by atoms with E-state index in [1.807, 2.05) is 0 Å². The molecule has 0 aliphatic heterocycles. The third-order valence-electron chi connectivity index (χ3n) is 2.24. The number of hydrogen-bond donors (Lipinski definition) is 1. The molecule has 1 heteroatoms. The molecule has 48 valence electrons. The predicted molar refractivity (Wildman–Crippen MR) is 35.9 cm³/mol. The Morgan fingerprint density at radius 1 is 1.75 bits per heavy atom. The molecule has 0 radical (unpaired) electrons. The summed E-state index contributed by atoms with van der Waals surface area (Å²) in [5.74, 6) is 0.905. The fourth-order valence-corrected chi connectivity index (χ4v) is 1.23. The molecule has 8 heavy (non-hydrogen) atoms. The molecule has 1 unspecified atom stereocenters. The summed E-state index contributed by atoms with van der Waals surface area (Å²) in [4.78, 5) is 0. The summed E-state index contributed by atoms with van der Waals surface area (Å²) >= 11 is 0. The van der Waals surface area contributed by atoms with Gasteiger partial charge in [0.05, 0.1) is 0 Å². The molecular formula is C7H15N. The van der Waals surface area contributed by atoms with E-state index in [-0.39, 0.29) is 0 Å². The molecule has 0 bridgehead atoms. The third-order valence-corrected chi connectivity index (χ3v) is 2.24. The van der Waals surface area contributed by atoms with E-state index in [1.54, 1.807) is 0 Å². The number of nitrogens with one attached hydrogen (secondary N) is 1.